The van der Waals surface area contributed by atoms with Crippen molar-refractivity contribution in [3.63, 3.8) is 0 Å². The van der Waals surface area contributed by atoms with Crippen molar-refractivity contribution in [2.45, 2.75) is 26.2 Å². The lowest BCUT2D eigenvalue weighted by molar-refractivity contribution is 0.240. The Labute approximate surface area is 127 Å². The molecule has 0 saturated carbocycles. The van der Waals surface area contributed by atoms with Crippen LogP contribution in [-0.2, 0) is 6.42 Å². The maximum atomic E-state index is 11.7. The lowest BCUT2D eigenvalue weighted by atomic mass is 10.2. The van der Waals surface area contributed by atoms with Crippen molar-refractivity contribution in [2.24, 2.45) is 0 Å². The zero-order valence-corrected chi connectivity index (χ0v) is 13.3. The molecule has 2 amide bonds. The van der Waals surface area contributed by atoms with Gasteiger partial charge < -0.3 is 10.6 Å². The Morgan fingerprint density at radius 2 is 2.25 bits per heavy atom. The van der Waals surface area contributed by atoms with Crippen molar-refractivity contribution in [2.75, 3.05) is 13.1 Å². The molecule has 108 valence electrons. The molecule has 0 aliphatic rings. The normalized spacial score (nSPS) is 12.1. The van der Waals surface area contributed by atoms with E-state index in [4.69, 9.17) is 0 Å². The third-order valence-corrected chi connectivity index (χ3v) is 4.83. The molecule has 4 nitrogen and oxygen atoms in total. The average molecular weight is 309 g/mol. The van der Waals surface area contributed by atoms with Crippen LogP contribution >= 0.6 is 22.7 Å². The number of thiophene rings is 1. The van der Waals surface area contributed by atoms with Gasteiger partial charge in [0.05, 0.1) is 5.01 Å². The molecular formula is C14H19N3OS2. The van der Waals surface area contributed by atoms with Gasteiger partial charge in [-0.25, -0.2) is 9.78 Å². The van der Waals surface area contributed by atoms with Crippen LogP contribution in [0.25, 0.3) is 0 Å². The van der Waals surface area contributed by atoms with Crippen LogP contribution in [0.2, 0.25) is 0 Å². The van der Waals surface area contributed by atoms with Crippen molar-refractivity contribution < 1.29 is 4.79 Å². The number of hydrogen-bond acceptors (Lipinski definition) is 4. The van der Waals surface area contributed by atoms with Crippen molar-refractivity contribution in [1.82, 2.24) is 15.6 Å². The Balaban J connectivity index is 1.64. The van der Waals surface area contributed by atoms with Crippen LogP contribution in [0.4, 0.5) is 4.79 Å². The molecule has 2 N–H and O–H groups in total. The number of nitrogens with zero attached hydrogens (tertiary/aromatic N) is 1. The fraction of sp³-hybridized carbons (Fsp3) is 0.429. The van der Waals surface area contributed by atoms with Gasteiger partial charge in [0.1, 0.15) is 0 Å². The molecule has 0 aromatic carbocycles. The second kappa shape index (κ2) is 7.40. The maximum absolute atomic E-state index is 11.7. The van der Waals surface area contributed by atoms with Gasteiger partial charge in [-0.3, -0.25) is 0 Å². The van der Waals surface area contributed by atoms with E-state index in [0.29, 0.717) is 13.1 Å². The van der Waals surface area contributed by atoms with Gasteiger partial charge in [-0.05, 0) is 35.7 Å². The van der Waals surface area contributed by atoms with Crippen molar-refractivity contribution in [1.29, 1.82) is 0 Å². The maximum Gasteiger partial charge on any atom is 0.314 e. The number of carbonyl (C=O) groups excluding carboxylic acids is 1. The summed E-state index contributed by atoms with van der Waals surface area (Å²) in [5.74, 6) is 0.247. The van der Waals surface area contributed by atoms with E-state index in [0.717, 1.165) is 17.1 Å². The Bertz CT molecular complexity index is 536. The van der Waals surface area contributed by atoms with E-state index in [-0.39, 0.29) is 11.9 Å². The first-order valence-corrected chi connectivity index (χ1v) is 8.42. The number of thiazole rings is 1. The highest BCUT2D eigenvalue weighted by atomic mass is 32.1. The molecule has 20 heavy (non-hydrogen) atoms. The standard InChI is InChI=1S/C14H19N3OS2/c1-10(13-17-11(2)8-20-13)7-16-14(18)15-5-3-12-4-6-19-9-12/h4,6,8-10H,3,5,7H2,1-2H3,(H2,15,16,18). The molecule has 0 fully saturated rings. The molecule has 0 spiro atoms. The topological polar surface area (TPSA) is 54.0 Å². The Morgan fingerprint density at radius 1 is 1.40 bits per heavy atom. The highest BCUT2D eigenvalue weighted by Gasteiger charge is 2.10. The lowest BCUT2D eigenvalue weighted by Crippen LogP contribution is -2.38. The second-order valence-corrected chi connectivity index (χ2v) is 6.42. The number of urea groups is 1. The molecule has 2 aromatic heterocycles. The molecule has 1 atom stereocenters. The van der Waals surface area contributed by atoms with E-state index in [1.807, 2.05) is 17.7 Å². The zero-order chi connectivity index (χ0) is 14.4. The van der Waals surface area contributed by atoms with Gasteiger partial charge in [0, 0.05) is 30.1 Å². The minimum Gasteiger partial charge on any atom is -0.338 e. The van der Waals surface area contributed by atoms with Crippen LogP contribution < -0.4 is 10.6 Å². The largest absolute Gasteiger partial charge is 0.338 e. The fourth-order valence-corrected chi connectivity index (χ4v) is 3.31. The second-order valence-electron chi connectivity index (χ2n) is 4.75. The molecular weight excluding hydrogens is 290 g/mol. The zero-order valence-electron chi connectivity index (χ0n) is 11.7. The van der Waals surface area contributed by atoms with Gasteiger partial charge in [0.2, 0.25) is 0 Å². The predicted octanol–water partition coefficient (Wildman–Crippen LogP) is 3.16. The van der Waals surface area contributed by atoms with E-state index < -0.39 is 0 Å². The number of aromatic nitrogens is 1. The number of carbonyl (C=O) groups is 1. The van der Waals surface area contributed by atoms with Crippen LogP contribution in [0.15, 0.2) is 22.2 Å². The summed E-state index contributed by atoms with van der Waals surface area (Å²) >= 11 is 3.32. The smallest absolute Gasteiger partial charge is 0.314 e. The van der Waals surface area contributed by atoms with Crippen LogP contribution in [0.1, 0.15) is 29.1 Å². The van der Waals surface area contributed by atoms with Crippen LogP contribution in [0.3, 0.4) is 0 Å². The van der Waals surface area contributed by atoms with Crippen LogP contribution in [-0.4, -0.2) is 24.1 Å². The minimum atomic E-state index is -0.111. The number of hydrogen-bond donors (Lipinski definition) is 2. The Hall–Kier alpha value is -1.40. The Kier molecular flexibility index (Phi) is 5.55. The highest BCUT2D eigenvalue weighted by Crippen LogP contribution is 2.18. The summed E-state index contributed by atoms with van der Waals surface area (Å²) in [5.41, 5.74) is 2.30. The minimum absolute atomic E-state index is 0.111. The van der Waals surface area contributed by atoms with E-state index >= 15 is 0 Å². The lowest BCUT2D eigenvalue weighted by Gasteiger charge is -2.11. The summed E-state index contributed by atoms with van der Waals surface area (Å²) in [6.07, 6.45) is 0.873. The molecule has 0 bridgehead atoms. The Morgan fingerprint density at radius 3 is 2.90 bits per heavy atom. The van der Waals surface area contributed by atoms with Crippen molar-refractivity contribution >= 4 is 28.7 Å². The van der Waals surface area contributed by atoms with Gasteiger partial charge in [0.25, 0.3) is 0 Å². The van der Waals surface area contributed by atoms with Crippen molar-refractivity contribution in [3.05, 3.63) is 38.5 Å². The highest BCUT2D eigenvalue weighted by molar-refractivity contribution is 7.09. The van der Waals surface area contributed by atoms with Crippen LogP contribution in [0, 0.1) is 6.92 Å². The molecule has 6 heteroatoms. The molecule has 0 aliphatic carbocycles. The number of amides is 2. The van der Waals surface area contributed by atoms with Gasteiger partial charge in [-0.1, -0.05) is 6.92 Å². The van der Waals surface area contributed by atoms with Gasteiger partial charge in [-0.15, -0.1) is 11.3 Å². The summed E-state index contributed by atoms with van der Waals surface area (Å²) in [6.45, 7) is 5.33. The third kappa shape index (κ3) is 4.61. The first kappa shape index (κ1) is 15.0. The summed E-state index contributed by atoms with van der Waals surface area (Å²) < 4.78 is 0. The number of nitrogens with one attached hydrogen (secondary N) is 2. The SMILES string of the molecule is Cc1csc(C(C)CNC(=O)NCCc2ccsc2)n1. The first-order chi connectivity index (χ1) is 9.65. The molecule has 0 saturated heterocycles. The molecule has 1 unspecified atom stereocenters. The summed E-state index contributed by atoms with van der Waals surface area (Å²) in [4.78, 5) is 16.1. The predicted molar refractivity (Wildman–Crippen MR) is 84.7 cm³/mol. The van der Waals surface area contributed by atoms with E-state index in [1.54, 1.807) is 22.7 Å². The molecule has 2 rings (SSSR count). The summed E-state index contributed by atoms with van der Waals surface area (Å²) in [5, 5.41) is 13.0. The molecule has 2 heterocycles. The van der Waals surface area contributed by atoms with Gasteiger partial charge in [-0.2, -0.15) is 11.3 Å². The van der Waals surface area contributed by atoms with Crippen molar-refractivity contribution in [3.8, 4) is 0 Å². The first-order valence-electron chi connectivity index (χ1n) is 6.60. The number of rotatable bonds is 6. The van der Waals surface area contributed by atoms with Gasteiger partial charge >= 0.3 is 6.03 Å². The summed E-state index contributed by atoms with van der Waals surface area (Å²) in [6, 6.07) is 1.97. The fourth-order valence-electron chi connectivity index (χ4n) is 1.75. The molecule has 2 aromatic rings. The van der Waals surface area contributed by atoms with Gasteiger partial charge in [0.15, 0.2) is 0 Å². The van der Waals surface area contributed by atoms with E-state index in [9.17, 15) is 4.79 Å². The third-order valence-electron chi connectivity index (χ3n) is 2.91. The van der Waals surface area contributed by atoms with Crippen LogP contribution in [0.5, 0.6) is 0 Å². The quantitative estimate of drug-likeness (QED) is 0.861. The average Bonchev–Trinajstić information content (AvgIpc) is 3.07. The molecule has 0 radical (unpaired) electrons. The van der Waals surface area contributed by atoms with E-state index in [2.05, 4.69) is 34.0 Å². The molecule has 0 aliphatic heterocycles. The monoisotopic (exact) mass is 309 g/mol. The van der Waals surface area contributed by atoms with E-state index in [1.165, 1.54) is 5.56 Å². The number of aryl methyl sites for hydroxylation is 1. The summed E-state index contributed by atoms with van der Waals surface area (Å²) in [7, 11) is 0.